The van der Waals surface area contributed by atoms with Gasteiger partial charge in [-0.3, -0.25) is 0 Å². The van der Waals surface area contributed by atoms with Gasteiger partial charge < -0.3 is 5.11 Å². The molecule has 5 nitrogen and oxygen atoms in total. The molecule has 31 heavy (non-hydrogen) atoms. The minimum atomic E-state index is -0.513. The summed E-state index contributed by atoms with van der Waals surface area (Å²) in [4.78, 5) is 26.3. The van der Waals surface area contributed by atoms with Crippen molar-refractivity contribution in [1.29, 1.82) is 0 Å². The Morgan fingerprint density at radius 2 is 1.68 bits per heavy atom. The topological polar surface area (TPSA) is 66.8 Å². The molecule has 1 fully saturated rings. The Kier molecular flexibility index (Phi) is 10.2. The van der Waals surface area contributed by atoms with Gasteiger partial charge >= 0.3 is 142 Å². The van der Waals surface area contributed by atoms with Crippen LogP contribution in [0.1, 0.15) is 48.2 Å². The number of aliphatic hydroxyl groups is 1. The second-order valence-corrected chi connectivity index (χ2v) is 10.8. The molecule has 0 aromatic heterocycles. The van der Waals surface area contributed by atoms with E-state index in [1.165, 1.54) is 5.56 Å². The first-order valence-electron chi connectivity index (χ1n) is 10.7. The van der Waals surface area contributed by atoms with Gasteiger partial charge in [-0.1, -0.05) is 30.3 Å². The Morgan fingerprint density at radius 1 is 1.10 bits per heavy atom. The van der Waals surface area contributed by atoms with Gasteiger partial charge in [0.1, 0.15) is 0 Å². The Balaban J connectivity index is 0.000000285. The Bertz CT molecular complexity index is 820. The van der Waals surface area contributed by atoms with Crippen LogP contribution >= 0.6 is 0 Å². The van der Waals surface area contributed by atoms with Crippen LogP contribution in [0.25, 0.3) is 0 Å². The molecule has 2 unspecified atom stereocenters. The molecular formula is C25H32NO4Pb. The molecule has 1 N–H and O–H groups in total. The standard InChI is InChI=1S/C16H20NO3.C9H12O.Pb/c1-16(2,3)20-15(19)13-9-10-17(13)14(18)11-12-7-5-4-6-8-12;10-8-4-7-9-5-2-1-3-6-9;/h4-8,11,13H,9-10H2,1-3H3;1-3,5-6,10H,4,7-8H2;. The van der Waals surface area contributed by atoms with E-state index in [4.69, 9.17) is 9.84 Å². The second kappa shape index (κ2) is 12.3. The van der Waals surface area contributed by atoms with Crippen molar-refractivity contribution in [3.05, 3.63) is 71.8 Å². The van der Waals surface area contributed by atoms with Crippen LogP contribution in [0.2, 0.25) is 0 Å². The van der Waals surface area contributed by atoms with Crippen LogP contribution < -0.4 is 0 Å². The van der Waals surface area contributed by atoms with E-state index in [-0.39, 0.29) is 22.0 Å². The number of carbonyl (C=O) groups excluding carboxylic acids is 2. The summed E-state index contributed by atoms with van der Waals surface area (Å²) < 4.78 is 5.29. The first kappa shape index (κ1) is 25.5. The quantitative estimate of drug-likeness (QED) is 0.399. The molecule has 1 aliphatic heterocycles. The van der Waals surface area contributed by atoms with Crippen molar-refractivity contribution in [3.8, 4) is 0 Å². The summed E-state index contributed by atoms with van der Waals surface area (Å²) in [5.41, 5.74) is 1.82. The number of aryl methyl sites for hydroxylation is 1. The van der Waals surface area contributed by atoms with Crippen molar-refractivity contribution in [1.82, 2.24) is 4.90 Å². The zero-order valence-electron chi connectivity index (χ0n) is 18.6. The monoisotopic (exact) mass is 618 g/mol. The molecule has 165 valence electrons. The van der Waals surface area contributed by atoms with E-state index in [0.29, 0.717) is 13.0 Å². The zero-order chi connectivity index (χ0) is 22.9. The van der Waals surface area contributed by atoms with Gasteiger partial charge in [-0.15, -0.1) is 0 Å². The molecule has 1 saturated heterocycles. The van der Waals surface area contributed by atoms with Crippen molar-refractivity contribution in [2.45, 2.75) is 55.2 Å². The van der Waals surface area contributed by atoms with Crippen LogP contribution in [0, 0.1) is 0 Å². The first-order valence-corrected chi connectivity index (χ1v) is 12.9. The summed E-state index contributed by atoms with van der Waals surface area (Å²) in [5.74, 6) is -0.237. The third-order valence-corrected chi connectivity index (χ3v) is 7.08. The molecule has 1 aliphatic rings. The van der Waals surface area contributed by atoms with Crippen molar-refractivity contribution in [2.24, 2.45) is 0 Å². The molecule has 2 aromatic carbocycles. The van der Waals surface area contributed by atoms with Crippen LogP contribution in [-0.4, -0.2) is 72.4 Å². The molecule has 0 spiro atoms. The number of benzene rings is 2. The molecule has 2 atom stereocenters. The number of amides is 1. The fraction of sp³-hybridized carbons (Fsp3) is 0.440. The summed E-state index contributed by atoms with van der Waals surface area (Å²) in [6.45, 7) is 6.46. The van der Waals surface area contributed by atoms with Gasteiger partial charge in [-0.05, 0) is 18.4 Å². The number of esters is 1. The third kappa shape index (κ3) is 8.37. The van der Waals surface area contributed by atoms with E-state index >= 15 is 0 Å². The number of carbonyl (C=O) groups is 2. The van der Waals surface area contributed by atoms with Crippen LogP contribution in [0.4, 0.5) is 0 Å². The number of ether oxygens (including phenoxy) is 1. The first-order chi connectivity index (χ1) is 14.7. The predicted octanol–water partition coefficient (Wildman–Crippen LogP) is 3.45. The maximum Gasteiger partial charge on any atom is 0.0434 e. The molecular weight excluding hydrogens is 585 g/mol. The van der Waals surface area contributed by atoms with Crippen LogP contribution in [-0.2, 0) is 20.7 Å². The molecule has 3 rings (SSSR count). The summed E-state index contributed by atoms with van der Waals surface area (Å²) in [6, 6.07) is 19.6. The van der Waals surface area contributed by atoms with Gasteiger partial charge in [0.2, 0.25) is 0 Å². The summed E-state index contributed by atoms with van der Waals surface area (Å²) >= 11 is 0.733. The molecule has 2 aromatic rings. The van der Waals surface area contributed by atoms with Crippen LogP contribution in [0.3, 0.4) is 0 Å². The molecule has 0 bridgehead atoms. The number of aliphatic hydroxyl groups excluding tert-OH is 1. The number of rotatable bonds is 6. The molecule has 3 radical (unpaired) electrons. The van der Waals surface area contributed by atoms with Crippen molar-refractivity contribution < 1.29 is 19.4 Å². The van der Waals surface area contributed by atoms with E-state index in [0.717, 1.165) is 44.2 Å². The van der Waals surface area contributed by atoms with Gasteiger partial charge in [0.25, 0.3) is 0 Å². The number of nitrogens with zero attached hydrogens (tertiary/aromatic N) is 1. The molecule has 6 heteroatoms. The second-order valence-electron chi connectivity index (χ2n) is 8.53. The van der Waals surface area contributed by atoms with Gasteiger partial charge in [-0.2, -0.15) is 0 Å². The van der Waals surface area contributed by atoms with E-state index < -0.39 is 11.6 Å². The fourth-order valence-electron chi connectivity index (χ4n) is 3.15. The van der Waals surface area contributed by atoms with Crippen LogP contribution in [0.5, 0.6) is 0 Å². The molecule has 1 amide bonds. The fourth-order valence-corrected chi connectivity index (χ4v) is 4.54. The van der Waals surface area contributed by atoms with E-state index in [1.54, 1.807) is 4.90 Å². The maximum atomic E-state index is 12.6. The van der Waals surface area contributed by atoms with E-state index in [1.807, 2.05) is 69.3 Å². The summed E-state index contributed by atoms with van der Waals surface area (Å²) in [6.07, 6.45) is 2.55. The van der Waals surface area contributed by atoms with E-state index in [9.17, 15) is 9.59 Å². The van der Waals surface area contributed by atoms with Gasteiger partial charge in [0.15, 0.2) is 0 Å². The van der Waals surface area contributed by atoms with Crippen LogP contribution in [0.15, 0.2) is 60.7 Å². The molecule has 1 heterocycles. The normalized spacial score (nSPS) is 16.4. The number of likely N-dealkylation sites (tertiary alicyclic amines) is 1. The largest absolute Gasteiger partial charge is 0.396 e. The van der Waals surface area contributed by atoms with Gasteiger partial charge in [0.05, 0.1) is 0 Å². The SMILES string of the molecule is CC(C)(C)OC(=O)C1CCN1C(=O)[CH]([Pb])c1ccccc1.OCCCc1ccccc1. The minimum Gasteiger partial charge on any atom is -0.396 e. The van der Waals surface area contributed by atoms with Crippen molar-refractivity contribution in [2.75, 3.05) is 13.2 Å². The molecule has 0 aliphatic carbocycles. The van der Waals surface area contributed by atoms with E-state index in [2.05, 4.69) is 12.1 Å². The number of hydrogen-bond donors (Lipinski definition) is 1. The maximum absolute atomic E-state index is 12.6. The molecule has 0 saturated carbocycles. The summed E-state index contributed by atoms with van der Waals surface area (Å²) in [7, 11) is 0. The average molecular weight is 618 g/mol. The minimum absolute atomic E-state index is 0.0509. The summed E-state index contributed by atoms with van der Waals surface area (Å²) in [5, 5.41) is 8.53. The van der Waals surface area contributed by atoms with Gasteiger partial charge in [0, 0.05) is 6.61 Å². The van der Waals surface area contributed by atoms with Crippen molar-refractivity contribution in [3.63, 3.8) is 0 Å². The van der Waals surface area contributed by atoms with Crippen molar-refractivity contribution >= 4 is 37.6 Å². The third-order valence-electron chi connectivity index (χ3n) is 4.83. The smallest absolute Gasteiger partial charge is 0.0434 e. The Labute approximate surface area is 201 Å². The Hall–Kier alpha value is -1.74. The predicted molar refractivity (Wildman–Crippen MR) is 123 cm³/mol. The Morgan fingerprint density at radius 3 is 2.16 bits per heavy atom. The van der Waals surface area contributed by atoms with Gasteiger partial charge in [-0.25, -0.2) is 0 Å². The average Bonchev–Trinajstić information content (AvgIpc) is 2.71. The number of hydrogen-bond acceptors (Lipinski definition) is 4. The zero-order valence-corrected chi connectivity index (χ0v) is 22.5.